The van der Waals surface area contributed by atoms with E-state index in [-0.39, 0.29) is 0 Å². The van der Waals surface area contributed by atoms with E-state index >= 15 is 0 Å². The molecule has 128 valence electrons. The first-order valence-corrected chi connectivity index (χ1v) is 8.73. The Morgan fingerprint density at radius 1 is 1.12 bits per heavy atom. The predicted molar refractivity (Wildman–Crippen MR) is 91.6 cm³/mol. The molecule has 0 aliphatic carbocycles. The number of ether oxygens (including phenoxy) is 1. The van der Waals surface area contributed by atoms with Crippen LogP contribution in [0, 0.1) is 0 Å². The van der Waals surface area contributed by atoms with Crippen molar-refractivity contribution in [1.29, 1.82) is 0 Å². The molecule has 2 aliphatic rings. The normalized spacial score (nSPS) is 27.6. The summed E-state index contributed by atoms with van der Waals surface area (Å²) in [5.41, 5.74) is 1.53. The number of para-hydroxylation sites is 1. The van der Waals surface area contributed by atoms with Gasteiger partial charge in [-0.2, -0.15) is 0 Å². The van der Waals surface area contributed by atoms with Crippen LogP contribution in [0.25, 0.3) is 10.9 Å². The molecule has 5 nitrogen and oxygen atoms in total. The van der Waals surface area contributed by atoms with Gasteiger partial charge in [-0.25, -0.2) is 0 Å². The van der Waals surface area contributed by atoms with E-state index in [0.29, 0.717) is 13.0 Å². The van der Waals surface area contributed by atoms with E-state index in [2.05, 4.69) is 23.1 Å². The number of nitrogens with zero attached hydrogens (tertiary/aromatic N) is 2. The van der Waals surface area contributed by atoms with E-state index < -0.39 is 17.8 Å². The van der Waals surface area contributed by atoms with Crippen molar-refractivity contribution in [1.82, 2.24) is 9.88 Å². The van der Waals surface area contributed by atoms with Gasteiger partial charge in [0.1, 0.15) is 6.10 Å². The number of benzene rings is 1. The number of pyridine rings is 1. The lowest BCUT2D eigenvalue weighted by molar-refractivity contribution is -0.214. The van der Waals surface area contributed by atoms with Crippen molar-refractivity contribution in [3.05, 3.63) is 42.1 Å². The minimum atomic E-state index is -0.771. The first-order valence-electron chi connectivity index (χ1n) is 8.73. The maximum atomic E-state index is 10.3. The van der Waals surface area contributed by atoms with Gasteiger partial charge in [0, 0.05) is 25.0 Å². The van der Waals surface area contributed by atoms with Crippen molar-refractivity contribution in [3.63, 3.8) is 0 Å². The lowest BCUT2D eigenvalue weighted by atomic mass is 9.80. The summed E-state index contributed by atoms with van der Waals surface area (Å²) in [6.07, 6.45) is 0.588. The number of piperidine rings is 1. The monoisotopic (exact) mass is 328 g/mol. The summed E-state index contributed by atoms with van der Waals surface area (Å²) in [5, 5.41) is 21.4. The molecule has 1 aromatic carbocycles. The summed E-state index contributed by atoms with van der Waals surface area (Å²) >= 11 is 0. The second-order valence-corrected chi connectivity index (χ2v) is 6.99. The highest BCUT2D eigenvalue weighted by Gasteiger charge is 2.47. The molecule has 0 radical (unpaired) electrons. The highest BCUT2D eigenvalue weighted by molar-refractivity contribution is 5.78. The van der Waals surface area contributed by atoms with Gasteiger partial charge in [0.15, 0.2) is 0 Å². The molecule has 2 aromatic rings. The van der Waals surface area contributed by atoms with E-state index in [9.17, 15) is 10.2 Å². The van der Waals surface area contributed by atoms with Crippen LogP contribution < -0.4 is 0 Å². The van der Waals surface area contributed by atoms with E-state index in [1.54, 1.807) is 0 Å². The molecule has 2 atom stereocenters. The Morgan fingerprint density at radius 2 is 1.92 bits per heavy atom. The van der Waals surface area contributed by atoms with Crippen LogP contribution in [0.4, 0.5) is 0 Å². The van der Waals surface area contributed by atoms with Crippen LogP contribution in [0.1, 0.15) is 25.0 Å². The molecule has 0 saturated carbocycles. The third-order valence-corrected chi connectivity index (χ3v) is 5.45. The quantitative estimate of drug-likeness (QED) is 0.879. The highest BCUT2D eigenvalue weighted by atomic mass is 16.5. The second-order valence-electron chi connectivity index (χ2n) is 6.99. The third-order valence-electron chi connectivity index (χ3n) is 5.45. The molecular formula is C19H24N2O3. The van der Waals surface area contributed by atoms with Crippen LogP contribution >= 0.6 is 0 Å². The first-order chi connectivity index (χ1) is 11.7. The molecule has 0 amide bonds. The first kappa shape index (κ1) is 16.0. The number of aromatic nitrogens is 1. The third kappa shape index (κ3) is 2.93. The molecule has 0 bridgehead atoms. The Labute approximate surface area is 141 Å². The van der Waals surface area contributed by atoms with Crippen LogP contribution in [-0.4, -0.2) is 57.6 Å². The Balaban J connectivity index is 1.42. The predicted octanol–water partition coefficient (Wildman–Crippen LogP) is 1.71. The maximum Gasteiger partial charge on any atom is 0.109 e. The molecule has 1 aromatic heterocycles. The Hall–Kier alpha value is -1.53. The number of fused-ring (bicyclic) bond motifs is 1. The molecular weight excluding hydrogens is 304 g/mol. The summed E-state index contributed by atoms with van der Waals surface area (Å²) in [4.78, 5) is 7.08. The minimum Gasteiger partial charge on any atom is -0.390 e. The van der Waals surface area contributed by atoms with Gasteiger partial charge in [-0.1, -0.05) is 24.3 Å². The van der Waals surface area contributed by atoms with Gasteiger partial charge >= 0.3 is 0 Å². The molecule has 3 heterocycles. The van der Waals surface area contributed by atoms with Crippen molar-refractivity contribution >= 4 is 10.9 Å². The smallest absolute Gasteiger partial charge is 0.109 e. The zero-order valence-electron chi connectivity index (χ0n) is 13.8. The number of aliphatic hydroxyl groups is 2. The van der Waals surface area contributed by atoms with E-state index in [4.69, 9.17) is 9.72 Å². The topological polar surface area (TPSA) is 65.8 Å². The summed E-state index contributed by atoms with van der Waals surface area (Å²) in [6, 6.07) is 12.4. The maximum absolute atomic E-state index is 10.3. The zero-order chi connectivity index (χ0) is 16.6. The Kier molecular flexibility index (Phi) is 4.26. The minimum absolute atomic E-state index is 0.521. The number of likely N-dealkylation sites (tertiary alicyclic amines) is 1. The SMILES string of the molecule is O[C@H]1CCOC2(CCN(Cc3ccc4ccccc4n3)CC2)[C@H]1O. The van der Waals surface area contributed by atoms with Crippen molar-refractivity contribution in [2.24, 2.45) is 0 Å². The summed E-state index contributed by atoms with van der Waals surface area (Å²) in [5.74, 6) is 0. The van der Waals surface area contributed by atoms with Crippen molar-refractivity contribution < 1.29 is 14.9 Å². The molecule has 2 fully saturated rings. The number of hydrogen-bond acceptors (Lipinski definition) is 5. The Bertz CT molecular complexity index is 713. The standard InChI is InChI=1S/C19H24N2O3/c22-17-7-12-24-19(18(17)23)8-10-21(11-9-19)13-15-6-5-14-3-1-2-4-16(14)20-15/h1-6,17-18,22-23H,7-13H2/t17-,18-/m0/s1. The van der Waals surface area contributed by atoms with Crippen LogP contribution in [0.3, 0.4) is 0 Å². The van der Waals surface area contributed by atoms with Gasteiger partial charge < -0.3 is 14.9 Å². The highest BCUT2D eigenvalue weighted by Crippen LogP contribution is 2.35. The fourth-order valence-corrected chi connectivity index (χ4v) is 3.93. The van der Waals surface area contributed by atoms with E-state index in [1.165, 1.54) is 0 Å². The molecule has 0 unspecified atom stereocenters. The van der Waals surface area contributed by atoms with E-state index in [0.717, 1.165) is 49.1 Å². The van der Waals surface area contributed by atoms with Gasteiger partial charge in [0.2, 0.25) is 0 Å². The Morgan fingerprint density at radius 3 is 2.75 bits per heavy atom. The molecule has 4 rings (SSSR count). The summed E-state index contributed by atoms with van der Waals surface area (Å²) in [6.45, 7) is 3.03. The van der Waals surface area contributed by atoms with Crippen LogP contribution in [0.2, 0.25) is 0 Å². The largest absolute Gasteiger partial charge is 0.390 e. The summed E-state index contributed by atoms with van der Waals surface area (Å²) < 4.78 is 5.89. The average molecular weight is 328 g/mol. The van der Waals surface area contributed by atoms with Gasteiger partial charge in [-0.15, -0.1) is 0 Å². The van der Waals surface area contributed by atoms with Gasteiger partial charge in [-0.3, -0.25) is 9.88 Å². The van der Waals surface area contributed by atoms with Gasteiger partial charge in [0.25, 0.3) is 0 Å². The van der Waals surface area contributed by atoms with Crippen molar-refractivity contribution in [3.8, 4) is 0 Å². The van der Waals surface area contributed by atoms with E-state index in [1.807, 2.05) is 18.2 Å². The fraction of sp³-hybridized carbons (Fsp3) is 0.526. The molecule has 2 N–H and O–H groups in total. The van der Waals surface area contributed by atoms with Crippen molar-refractivity contribution in [2.45, 2.75) is 43.6 Å². The molecule has 1 spiro atoms. The van der Waals surface area contributed by atoms with Gasteiger partial charge in [-0.05, 0) is 31.4 Å². The van der Waals surface area contributed by atoms with Crippen LogP contribution in [-0.2, 0) is 11.3 Å². The fourth-order valence-electron chi connectivity index (χ4n) is 3.93. The lowest BCUT2D eigenvalue weighted by Crippen LogP contribution is -2.59. The molecule has 2 aliphatic heterocycles. The molecule has 5 heteroatoms. The average Bonchev–Trinajstić information content (AvgIpc) is 2.61. The number of aliphatic hydroxyl groups excluding tert-OH is 2. The number of rotatable bonds is 2. The zero-order valence-corrected chi connectivity index (χ0v) is 13.8. The van der Waals surface area contributed by atoms with Crippen LogP contribution in [0.15, 0.2) is 36.4 Å². The van der Waals surface area contributed by atoms with Crippen molar-refractivity contribution in [2.75, 3.05) is 19.7 Å². The number of hydrogen-bond donors (Lipinski definition) is 2. The van der Waals surface area contributed by atoms with Crippen LogP contribution in [0.5, 0.6) is 0 Å². The molecule has 2 saturated heterocycles. The second kappa shape index (κ2) is 6.41. The summed E-state index contributed by atoms with van der Waals surface area (Å²) in [7, 11) is 0. The van der Waals surface area contributed by atoms with Gasteiger partial charge in [0.05, 0.1) is 29.5 Å². The lowest BCUT2D eigenvalue weighted by Gasteiger charge is -2.48. The molecule has 24 heavy (non-hydrogen) atoms.